The van der Waals surface area contributed by atoms with Crippen LogP contribution in [0.15, 0.2) is 0 Å². The molecule has 1 amide bonds. The maximum absolute atomic E-state index is 10.9. The second kappa shape index (κ2) is 2.87. The summed E-state index contributed by atoms with van der Waals surface area (Å²) < 4.78 is 21.8. The van der Waals surface area contributed by atoms with Gasteiger partial charge in [-0.2, -0.15) is 0 Å². The van der Waals surface area contributed by atoms with Crippen molar-refractivity contribution >= 4 is 21.9 Å². The molecule has 1 unspecified atom stereocenters. The number of aliphatic carboxylic acids is 1. The summed E-state index contributed by atoms with van der Waals surface area (Å²) in [6.45, 7) is 0. The summed E-state index contributed by atoms with van der Waals surface area (Å²) in [5, 5.41) is 17.0. The van der Waals surface area contributed by atoms with E-state index in [4.69, 9.17) is 10.2 Å². The largest absolute Gasteiger partial charge is 0.480 e. The maximum atomic E-state index is 10.9. The first-order chi connectivity index (χ1) is 5.83. The Labute approximate surface area is 73.5 Å². The van der Waals surface area contributed by atoms with E-state index in [1.165, 1.54) is 0 Å². The van der Waals surface area contributed by atoms with Crippen molar-refractivity contribution in [2.75, 3.05) is 11.6 Å². The van der Waals surface area contributed by atoms with Crippen LogP contribution in [-0.2, 0) is 14.6 Å². The third-order valence-electron chi connectivity index (χ3n) is 1.65. The van der Waals surface area contributed by atoms with Gasteiger partial charge in [-0.1, -0.05) is 0 Å². The lowest BCUT2D eigenvalue weighted by Crippen LogP contribution is -2.40. The van der Waals surface area contributed by atoms with Crippen molar-refractivity contribution in [2.24, 2.45) is 0 Å². The number of carboxylic acids is 1. The summed E-state index contributed by atoms with van der Waals surface area (Å²) in [4.78, 5) is 21.2. The van der Waals surface area contributed by atoms with Gasteiger partial charge in [-0.25, -0.2) is 18.0 Å². The van der Waals surface area contributed by atoms with E-state index >= 15 is 0 Å². The Morgan fingerprint density at radius 3 is 2.15 bits per heavy atom. The zero-order valence-corrected chi connectivity index (χ0v) is 7.19. The molecule has 1 saturated heterocycles. The summed E-state index contributed by atoms with van der Waals surface area (Å²) >= 11 is 0. The smallest absolute Gasteiger partial charge is 0.408 e. The second-order valence-electron chi connectivity index (χ2n) is 2.65. The molecular weight excluding hydrogens is 202 g/mol. The molecule has 0 saturated carbocycles. The highest BCUT2D eigenvalue weighted by molar-refractivity contribution is 7.91. The van der Waals surface area contributed by atoms with E-state index in [1.807, 2.05) is 0 Å². The normalized spacial score (nSPS) is 25.8. The molecule has 13 heavy (non-hydrogen) atoms. The average Bonchev–Trinajstić information content (AvgIpc) is 2.26. The van der Waals surface area contributed by atoms with Gasteiger partial charge < -0.3 is 10.2 Å². The van der Waals surface area contributed by atoms with Crippen LogP contribution >= 0.6 is 0 Å². The summed E-state index contributed by atoms with van der Waals surface area (Å²) in [6.07, 6.45) is -1.53. The van der Waals surface area contributed by atoms with Crippen molar-refractivity contribution in [1.29, 1.82) is 0 Å². The first-order valence-electron chi connectivity index (χ1n) is 3.26. The molecule has 1 atom stereocenters. The Morgan fingerprint density at radius 2 is 1.85 bits per heavy atom. The zero-order chi connectivity index (χ0) is 10.2. The van der Waals surface area contributed by atoms with Crippen molar-refractivity contribution < 1.29 is 28.2 Å². The lowest BCUT2D eigenvalue weighted by Gasteiger charge is -2.14. The van der Waals surface area contributed by atoms with Crippen LogP contribution in [-0.4, -0.2) is 53.3 Å². The molecule has 0 radical (unpaired) electrons. The number of hydrogen-bond acceptors (Lipinski definition) is 4. The summed E-state index contributed by atoms with van der Waals surface area (Å²) in [5.74, 6) is -2.82. The van der Waals surface area contributed by atoms with Gasteiger partial charge in [-0.3, -0.25) is 4.90 Å². The number of carboxylic acid groups (broad SMARTS) is 2. The molecule has 1 rings (SSSR count). The van der Waals surface area contributed by atoms with Crippen LogP contribution < -0.4 is 0 Å². The molecule has 0 spiro atoms. The van der Waals surface area contributed by atoms with Crippen molar-refractivity contribution in [3.05, 3.63) is 0 Å². The van der Waals surface area contributed by atoms with E-state index in [9.17, 15) is 18.0 Å². The molecule has 1 aliphatic heterocycles. The van der Waals surface area contributed by atoms with E-state index in [-0.39, 0.29) is 0 Å². The molecule has 0 bridgehead atoms. The highest BCUT2D eigenvalue weighted by atomic mass is 32.2. The summed E-state index contributed by atoms with van der Waals surface area (Å²) in [7, 11) is -3.57. The van der Waals surface area contributed by atoms with Gasteiger partial charge >= 0.3 is 12.1 Å². The highest BCUT2D eigenvalue weighted by Gasteiger charge is 2.42. The number of hydrogen-bond donors (Lipinski definition) is 2. The molecule has 0 aromatic heterocycles. The lowest BCUT2D eigenvalue weighted by atomic mass is 10.3. The van der Waals surface area contributed by atoms with Crippen LogP contribution in [0.1, 0.15) is 0 Å². The van der Waals surface area contributed by atoms with Gasteiger partial charge in [0.2, 0.25) is 0 Å². The van der Waals surface area contributed by atoms with Gasteiger partial charge in [0.15, 0.2) is 9.84 Å². The molecule has 1 aliphatic rings. The molecule has 2 N–H and O–H groups in total. The number of carbonyl (C=O) groups is 2. The second-order valence-corrected chi connectivity index (χ2v) is 4.72. The van der Waals surface area contributed by atoms with Crippen LogP contribution in [0.25, 0.3) is 0 Å². The van der Waals surface area contributed by atoms with Gasteiger partial charge in [-0.15, -0.1) is 0 Å². The van der Waals surface area contributed by atoms with Crippen molar-refractivity contribution in [1.82, 2.24) is 4.90 Å². The fraction of sp³-hybridized carbons (Fsp3) is 0.600. The lowest BCUT2D eigenvalue weighted by molar-refractivity contribution is -0.141. The average molecular weight is 209 g/mol. The Bertz CT molecular complexity index is 318. The predicted octanol–water partition coefficient (Wildman–Crippen LogP) is -1.19. The molecule has 1 heterocycles. The fourth-order valence-corrected chi connectivity index (χ4v) is 2.70. The molecule has 0 aromatic rings. The van der Waals surface area contributed by atoms with Gasteiger partial charge in [-0.05, 0) is 0 Å². The van der Waals surface area contributed by atoms with E-state index in [0.717, 1.165) is 0 Å². The monoisotopic (exact) mass is 209 g/mol. The minimum atomic E-state index is -3.57. The van der Waals surface area contributed by atoms with Crippen molar-refractivity contribution in [2.45, 2.75) is 6.04 Å². The van der Waals surface area contributed by atoms with E-state index in [1.54, 1.807) is 0 Å². The third-order valence-corrected chi connectivity index (χ3v) is 3.15. The SMILES string of the molecule is O=C(O)C1CS(=O)(=O)CN1C(=O)O. The zero-order valence-electron chi connectivity index (χ0n) is 6.37. The van der Waals surface area contributed by atoms with Crippen LogP contribution in [0.5, 0.6) is 0 Å². The van der Waals surface area contributed by atoms with Crippen LogP contribution in [0.4, 0.5) is 4.79 Å². The van der Waals surface area contributed by atoms with Crippen LogP contribution in [0.3, 0.4) is 0 Å². The molecule has 0 aromatic carbocycles. The van der Waals surface area contributed by atoms with Gasteiger partial charge in [0.25, 0.3) is 0 Å². The fourth-order valence-electron chi connectivity index (χ4n) is 1.08. The molecule has 0 aliphatic carbocycles. The van der Waals surface area contributed by atoms with Crippen LogP contribution in [0, 0.1) is 0 Å². The highest BCUT2D eigenvalue weighted by Crippen LogP contribution is 2.15. The first-order valence-corrected chi connectivity index (χ1v) is 5.08. The first kappa shape index (κ1) is 9.78. The number of rotatable bonds is 1. The minimum Gasteiger partial charge on any atom is -0.480 e. The van der Waals surface area contributed by atoms with Gasteiger partial charge in [0, 0.05) is 0 Å². The van der Waals surface area contributed by atoms with E-state index in [2.05, 4.69) is 0 Å². The Morgan fingerprint density at radius 1 is 1.31 bits per heavy atom. The summed E-state index contributed by atoms with van der Waals surface area (Å²) in [5.41, 5.74) is 0. The molecule has 7 nitrogen and oxygen atoms in total. The number of amides is 1. The number of sulfone groups is 1. The third kappa shape index (κ3) is 1.89. The number of nitrogens with zero attached hydrogens (tertiary/aromatic N) is 1. The maximum Gasteiger partial charge on any atom is 0.408 e. The quantitative estimate of drug-likeness (QED) is 0.561. The van der Waals surface area contributed by atoms with E-state index < -0.39 is 39.6 Å². The van der Waals surface area contributed by atoms with Gasteiger partial charge in [0.05, 0.1) is 5.75 Å². The molecule has 74 valence electrons. The van der Waals surface area contributed by atoms with E-state index in [0.29, 0.717) is 4.90 Å². The van der Waals surface area contributed by atoms with Crippen molar-refractivity contribution in [3.63, 3.8) is 0 Å². The van der Waals surface area contributed by atoms with Gasteiger partial charge in [0.1, 0.15) is 11.9 Å². The Balaban J connectivity index is 2.97. The Hall–Kier alpha value is -1.31. The topological polar surface area (TPSA) is 112 Å². The molecular formula is C5H7NO6S. The minimum absolute atomic E-state index is 0.400. The van der Waals surface area contributed by atoms with Crippen molar-refractivity contribution in [3.8, 4) is 0 Å². The predicted molar refractivity (Wildman–Crippen MR) is 39.9 cm³/mol. The summed E-state index contributed by atoms with van der Waals surface area (Å²) in [6, 6.07) is -1.47. The standard InChI is InChI=1S/C5H7NO6S/c7-4(8)3-1-13(11,12)2-6(3)5(9)10/h3H,1-2H2,(H,7,8)(H,9,10). The Kier molecular flexibility index (Phi) is 2.16. The molecule has 1 fully saturated rings. The van der Waals surface area contributed by atoms with Crippen LogP contribution in [0.2, 0.25) is 0 Å². The molecule has 8 heteroatoms.